The Balaban J connectivity index is 0.000000349. The van der Waals surface area contributed by atoms with E-state index >= 15 is 0 Å². The molecule has 0 radical (unpaired) electrons. The standard InChI is InChI=1S/C19H18N2.ClHO4/c1-2-8-14(9-3-1)19-15-10-4-5-11-16(15)20-17-12-6-7-13-18(17)21-19;2-1(3,4)5/h1-3,6-9,12-13,20H,4-5,10-11H2;(H,2,3,4,5). The van der Waals surface area contributed by atoms with Crippen LogP contribution in [0.3, 0.4) is 0 Å². The molecule has 1 aliphatic carbocycles. The van der Waals surface area contributed by atoms with Crippen LogP contribution in [0.4, 0.5) is 11.4 Å². The second-order valence-corrected chi connectivity index (χ2v) is 6.87. The van der Waals surface area contributed by atoms with E-state index in [-0.39, 0.29) is 0 Å². The smallest absolute Gasteiger partial charge is 0.160 e. The Labute approximate surface area is 153 Å². The highest BCUT2D eigenvalue weighted by Gasteiger charge is 2.26. The second kappa shape index (κ2) is 8.09. The van der Waals surface area contributed by atoms with Gasteiger partial charge >= 0.3 is 0 Å². The molecule has 0 saturated heterocycles. The summed E-state index contributed by atoms with van der Waals surface area (Å²) in [7, 11) is -4.94. The van der Waals surface area contributed by atoms with Crippen molar-refractivity contribution in [2.75, 3.05) is 0 Å². The van der Waals surface area contributed by atoms with Gasteiger partial charge in [0.2, 0.25) is 0 Å². The number of para-hydroxylation sites is 2. The number of fused-ring (bicyclic) bond motifs is 1. The predicted octanol–water partition coefficient (Wildman–Crippen LogP) is -0.912. The van der Waals surface area contributed by atoms with E-state index in [4.69, 9.17) is 23.6 Å². The molecule has 0 fully saturated rings. The molecule has 7 heteroatoms. The van der Waals surface area contributed by atoms with E-state index in [0.29, 0.717) is 0 Å². The summed E-state index contributed by atoms with van der Waals surface area (Å²) in [5.74, 6) is 0. The molecule has 0 saturated carbocycles. The lowest BCUT2D eigenvalue weighted by molar-refractivity contribution is -2.00. The van der Waals surface area contributed by atoms with Crippen LogP contribution in [0.15, 0.2) is 70.9 Å². The van der Waals surface area contributed by atoms with E-state index in [2.05, 4.69) is 59.9 Å². The van der Waals surface area contributed by atoms with Crippen molar-refractivity contribution in [3.63, 3.8) is 0 Å². The molecule has 6 nitrogen and oxygen atoms in total. The summed E-state index contributed by atoms with van der Waals surface area (Å²) < 4.78 is 34.0. The van der Waals surface area contributed by atoms with Gasteiger partial charge in [0.1, 0.15) is 11.4 Å². The van der Waals surface area contributed by atoms with E-state index in [1.165, 1.54) is 47.5 Å². The van der Waals surface area contributed by atoms with Crippen LogP contribution in [-0.4, -0.2) is 5.71 Å². The summed E-state index contributed by atoms with van der Waals surface area (Å²) >= 11 is 0. The van der Waals surface area contributed by atoms with E-state index < -0.39 is 10.2 Å². The van der Waals surface area contributed by atoms with Crippen LogP contribution in [-0.2, 0) is 0 Å². The molecule has 0 atom stereocenters. The Kier molecular flexibility index (Phi) is 5.83. The zero-order chi connectivity index (χ0) is 18.6. The molecular weight excluding hydrogens is 356 g/mol. The molecule has 4 rings (SSSR count). The van der Waals surface area contributed by atoms with Crippen molar-refractivity contribution in [2.24, 2.45) is 4.99 Å². The van der Waals surface area contributed by atoms with E-state index in [9.17, 15) is 0 Å². The van der Waals surface area contributed by atoms with Crippen LogP contribution in [0, 0.1) is 10.2 Å². The summed E-state index contributed by atoms with van der Waals surface area (Å²) in [4.78, 5) is 5.02. The first-order chi connectivity index (χ1) is 12.4. The van der Waals surface area contributed by atoms with Crippen molar-refractivity contribution in [2.45, 2.75) is 25.7 Å². The van der Waals surface area contributed by atoms with Gasteiger partial charge in [0, 0.05) is 23.6 Å². The normalized spacial score (nSPS) is 16.5. The maximum atomic E-state index is 8.49. The van der Waals surface area contributed by atoms with Crippen molar-refractivity contribution in [3.8, 4) is 0 Å². The molecule has 1 heterocycles. The summed E-state index contributed by atoms with van der Waals surface area (Å²) in [5.41, 5.74) is 7.67. The number of nitrogens with zero attached hydrogens (tertiary/aromatic N) is 1. The van der Waals surface area contributed by atoms with E-state index in [1.54, 1.807) is 0 Å². The lowest BCUT2D eigenvalue weighted by atomic mass is 9.90. The Bertz CT molecular complexity index is 823. The highest BCUT2D eigenvalue weighted by atomic mass is 35.7. The largest absolute Gasteiger partial charge is 0.283 e. The van der Waals surface area contributed by atoms with Crippen molar-refractivity contribution in [3.05, 3.63) is 71.4 Å². The first-order valence-electron chi connectivity index (χ1n) is 8.34. The monoisotopic (exact) mass is 374 g/mol. The third-order valence-electron chi connectivity index (χ3n) is 4.34. The summed E-state index contributed by atoms with van der Waals surface area (Å²) in [6.07, 6.45) is 4.89. The average molecular weight is 375 g/mol. The zero-order valence-corrected chi connectivity index (χ0v) is 14.8. The molecule has 26 heavy (non-hydrogen) atoms. The molecule has 0 unspecified atom stereocenters. The predicted molar refractivity (Wildman–Crippen MR) is 86.2 cm³/mol. The van der Waals surface area contributed by atoms with Gasteiger partial charge < -0.3 is 0 Å². The number of aliphatic imine (C=N–C) groups is 1. The minimum Gasteiger partial charge on any atom is -0.283 e. The number of quaternary nitrogens is 1. The summed E-state index contributed by atoms with van der Waals surface area (Å²) in [6.45, 7) is 0. The fourth-order valence-electron chi connectivity index (χ4n) is 3.28. The Morgan fingerprint density at radius 1 is 0.808 bits per heavy atom. The molecule has 1 aliphatic heterocycles. The molecular formula is C19H19ClN2O4. The molecule has 2 aliphatic rings. The first-order valence-corrected chi connectivity index (χ1v) is 9.57. The van der Waals surface area contributed by atoms with Crippen molar-refractivity contribution >= 4 is 17.1 Å². The van der Waals surface area contributed by atoms with Gasteiger partial charge in [-0.1, -0.05) is 42.5 Å². The fraction of sp³-hybridized carbons (Fsp3) is 0.211. The van der Waals surface area contributed by atoms with Gasteiger partial charge in [0.25, 0.3) is 0 Å². The van der Waals surface area contributed by atoms with Gasteiger partial charge in [-0.05, 0) is 25.3 Å². The van der Waals surface area contributed by atoms with Crippen LogP contribution in [0.25, 0.3) is 0 Å². The molecule has 0 spiro atoms. The minimum atomic E-state index is -4.94. The number of hydrogen-bond donors (Lipinski definition) is 1. The maximum absolute atomic E-state index is 8.49. The van der Waals surface area contributed by atoms with Gasteiger partial charge in [-0.3, -0.25) is 5.32 Å². The highest BCUT2D eigenvalue weighted by molar-refractivity contribution is 6.14. The van der Waals surface area contributed by atoms with Crippen LogP contribution in [0.5, 0.6) is 0 Å². The van der Waals surface area contributed by atoms with Gasteiger partial charge in [-0.2, -0.15) is 0 Å². The van der Waals surface area contributed by atoms with E-state index in [1.807, 2.05) is 0 Å². The number of rotatable bonds is 1. The molecule has 0 amide bonds. The molecule has 136 valence electrons. The Hall–Kier alpha value is -2.06. The average Bonchev–Trinajstić information content (AvgIpc) is 2.77. The SMILES string of the molecule is [O-][Cl+3]([O-])([O-])[O-].c1ccc(C2=Nc3ccccc3[NH2+]C3=C2CCCC3)cc1. The van der Waals surface area contributed by atoms with Gasteiger partial charge in [-0.15, -0.1) is 10.2 Å². The molecule has 2 N–H and O–H groups in total. The molecule has 2 aromatic carbocycles. The lowest BCUT2D eigenvalue weighted by Crippen LogP contribution is -2.76. The van der Waals surface area contributed by atoms with Gasteiger partial charge in [0.05, 0.1) is 5.71 Å². The van der Waals surface area contributed by atoms with Gasteiger partial charge in [0.15, 0.2) is 5.69 Å². The van der Waals surface area contributed by atoms with Crippen LogP contribution < -0.4 is 24.0 Å². The fourth-order valence-corrected chi connectivity index (χ4v) is 3.28. The third kappa shape index (κ3) is 4.98. The maximum Gasteiger partial charge on any atom is 0.160 e. The zero-order valence-electron chi connectivity index (χ0n) is 14.1. The van der Waals surface area contributed by atoms with Gasteiger partial charge in [-0.25, -0.2) is 23.6 Å². The third-order valence-corrected chi connectivity index (χ3v) is 4.34. The molecule has 0 aromatic heterocycles. The summed E-state index contributed by atoms with van der Waals surface area (Å²) in [6, 6.07) is 19.1. The van der Waals surface area contributed by atoms with Crippen molar-refractivity contribution in [1.82, 2.24) is 0 Å². The quantitative estimate of drug-likeness (QED) is 0.649. The first kappa shape index (κ1) is 18.7. The highest BCUT2D eigenvalue weighted by Crippen LogP contribution is 2.32. The van der Waals surface area contributed by atoms with Crippen molar-refractivity contribution in [1.29, 1.82) is 0 Å². The van der Waals surface area contributed by atoms with Crippen LogP contribution in [0.2, 0.25) is 0 Å². The number of benzene rings is 2. The topological polar surface area (TPSA) is 121 Å². The number of nitrogens with two attached hydrogens (primary N) is 1. The van der Waals surface area contributed by atoms with Crippen LogP contribution in [0.1, 0.15) is 31.2 Å². The number of hydrogen-bond acceptors (Lipinski definition) is 5. The minimum absolute atomic E-state index is 1.09. The number of halogens is 1. The Morgan fingerprint density at radius 3 is 2.15 bits per heavy atom. The molecule has 2 aromatic rings. The van der Waals surface area contributed by atoms with E-state index in [0.717, 1.165) is 12.1 Å². The van der Waals surface area contributed by atoms with Crippen molar-refractivity contribution < 1.29 is 34.2 Å². The Morgan fingerprint density at radius 2 is 1.42 bits per heavy atom. The lowest BCUT2D eigenvalue weighted by Gasteiger charge is -2.17. The molecule has 0 bridgehead atoms. The second-order valence-electron chi connectivity index (χ2n) is 6.12. The van der Waals surface area contributed by atoms with Crippen LogP contribution >= 0.6 is 0 Å². The summed E-state index contributed by atoms with van der Waals surface area (Å²) in [5, 5.41) is 2.35. The number of allylic oxidation sites excluding steroid dienone is 2.